The molecule has 0 fully saturated rings. The summed E-state index contributed by atoms with van der Waals surface area (Å²) >= 11 is 0. The number of carbonyl (C=O) groups is 1. The Kier molecular flexibility index (Phi) is 7.74. The average molecular weight is 452 g/mol. The van der Waals surface area contributed by atoms with Gasteiger partial charge in [0.2, 0.25) is 0 Å². The van der Waals surface area contributed by atoms with Gasteiger partial charge >= 0.3 is 5.97 Å². The zero-order valence-corrected chi connectivity index (χ0v) is 19.3. The Bertz CT molecular complexity index is 1180. The van der Waals surface area contributed by atoms with E-state index in [4.69, 9.17) is 9.57 Å². The van der Waals surface area contributed by atoms with Crippen molar-refractivity contribution in [3.05, 3.63) is 132 Å². The Morgan fingerprint density at radius 2 is 1.32 bits per heavy atom. The van der Waals surface area contributed by atoms with Crippen molar-refractivity contribution in [3.8, 4) is 11.5 Å². The molecule has 34 heavy (non-hydrogen) atoms. The van der Waals surface area contributed by atoms with E-state index in [1.165, 1.54) is 0 Å². The van der Waals surface area contributed by atoms with Gasteiger partial charge in [-0.05, 0) is 60.7 Å². The first-order valence-electron chi connectivity index (χ1n) is 11.5. The van der Waals surface area contributed by atoms with Crippen LogP contribution in [0.25, 0.3) is 0 Å². The summed E-state index contributed by atoms with van der Waals surface area (Å²) in [6, 6.07) is 37.7. The van der Waals surface area contributed by atoms with Gasteiger partial charge in [0.1, 0.15) is 11.5 Å². The number of hydrogen-bond acceptors (Lipinski definition) is 4. The van der Waals surface area contributed by atoms with Crippen LogP contribution >= 0.6 is 0 Å². The van der Waals surface area contributed by atoms with Gasteiger partial charge in [0.05, 0.1) is 12.0 Å². The van der Waals surface area contributed by atoms with Crippen LogP contribution in [0.2, 0.25) is 0 Å². The number of nitrogens with one attached hydrogen (secondary N) is 1. The van der Waals surface area contributed by atoms with Gasteiger partial charge in [-0.25, -0.2) is 0 Å². The van der Waals surface area contributed by atoms with Crippen LogP contribution in [-0.2, 0) is 28.0 Å². The highest BCUT2D eigenvalue weighted by Gasteiger charge is 2.28. The van der Waals surface area contributed by atoms with Crippen LogP contribution in [0.5, 0.6) is 11.5 Å². The van der Waals surface area contributed by atoms with Crippen molar-refractivity contribution >= 4 is 5.97 Å². The highest BCUT2D eigenvalue weighted by Crippen LogP contribution is 2.26. The van der Waals surface area contributed by atoms with Gasteiger partial charge in [-0.15, -0.1) is 5.48 Å². The molecule has 0 unspecified atom stereocenters. The molecule has 0 radical (unpaired) electrons. The first kappa shape index (κ1) is 23.3. The van der Waals surface area contributed by atoms with E-state index >= 15 is 0 Å². The average Bonchev–Trinajstić information content (AvgIpc) is 2.88. The molecule has 0 heterocycles. The van der Waals surface area contributed by atoms with Gasteiger partial charge in [0.15, 0.2) is 0 Å². The molecular formula is C30H29NO3. The van der Waals surface area contributed by atoms with Gasteiger partial charge in [-0.2, -0.15) is 0 Å². The summed E-state index contributed by atoms with van der Waals surface area (Å²) in [6.45, 7) is 2.05. The number of hydrogen-bond donors (Lipinski definition) is 1. The van der Waals surface area contributed by atoms with Crippen molar-refractivity contribution in [1.82, 2.24) is 5.48 Å². The maximum absolute atomic E-state index is 12.6. The fourth-order valence-corrected chi connectivity index (χ4v) is 3.86. The number of rotatable bonds is 10. The molecular weight excluding hydrogens is 422 g/mol. The summed E-state index contributed by atoms with van der Waals surface area (Å²) in [5, 5.41) is 0. The second kappa shape index (κ2) is 11.3. The molecule has 4 aromatic carbocycles. The van der Waals surface area contributed by atoms with E-state index in [1.54, 1.807) is 0 Å². The SMILES string of the molecule is C[C@@](Cc1ccccc1)(NOC(=O)CCc1cccc(Oc2ccccc2)c1)c1ccccc1. The highest BCUT2D eigenvalue weighted by molar-refractivity contribution is 5.69. The Balaban J connectivity index is 1.36. The standard InChI is InChI=1S/C30H29NO3/c1-30(26-15-7-3-8-16-26,23-25-12-5-2-6-13-25)31-34-29(32)21-20-24-14-11-19-28(22-24)33-27-17-9-4-10-18-27/h2-19,22,31H,20-21,23H2,1H3/t30-/m0/s1. The van der Waals surface area contributed by atoms with Crippen LogP contribution in [0.15, 0.2) is 115 Å². The summed E-state index contributed by atoms with van der Waals surface area (Å²) in [5.41, 5.74) is 5.74. The van der Waals surface area contributed by atoms with Crippen molar-refractivity contribution < 1.29 is 14.4 Å². The smallest absolute Gasteiger partial charge is 0.325 e. The van der Waals surface area contributed by atoms with E-state index in [9.17, 15) is 4.79 Å². The topological polar surface area (TPSA) is 47.6 Å². The molecule has 0 bridgehead atoms. The van der Waals surface area contributed by atoms with E-state index in [0.717, 1.165) is 28.2 Å². The van der Waals surface area contributed by atoms with Crippen molar-refractivity contribution in [2.24, 2.45) is 0 Å². The Morgan fingerprint density at radius 3 is 2.03 bits per heavy atom. The lowest BCUT2D eigenvalue weighted by Crippen LogP contribution is -2.42. The van der Waals surface area contributed by atoms with Crippen LogP contribution in [0.1, 0.15) is 30.0 Å². The quantitative estimate of drug-likeness (QED) is 0.275. The lowest BCUT2D eigenvalue weighted by Gasteiger charge is -2.30. The molecule has 0 aliphatic carbocycles. The molecule has 1 N–H and O–H groups in total. The summed E-state index contributed by atoms with van der Waals surface area (Å²) in [6.07, 6.45) is 1.51. The molecule has 1 atom stereocenters. The first-order valence-corrected chi connectivity index (χ1v) is 11.5. The monoisotopic (exact) mass is 451 g/mol. The number of hydroxylamine groups is 1. The van der Waals surface area contributed by atoms with Crippen LogP contribution in [0.3, 0.4) is 0 Å². The summed E-state index contributed by atoms with van der Waals surface area (Å²) < 4.78 is 5.90. The number of ether oxygens (including phenoxy) is 1. The van der Waals surface area contributed by atoms with Crippen molar-refractivity contribution in [3.63, 3.8) is 0 Å². The number of benzene rings is 4. The predicted octanol–water partition coefficient (Wildman–Crippen LogP) is 6.62. The molecule has 4 aromatic rings. The Hall–Kier alpha value is -3.89. The highest BCUT2D eigenvalue weighted by atomic mass is 16.7. The molecule has 172 valence electrons. The Morgan fingerprint density at radius 1 is 0.735 bits per heavy atom. The van der Waals surface area contributed by atoms with Crippen molar-refractivity contribution in [2.45, 2.75) is 31.7 Å². The van der Waals surface area contributed by atoms with Crippen LogP contribution in [0.4, 0.5) is 0 Å². The molecule has 0 aliphatic heterocycles. The van der Waals surface area contributed by atoms with Gasteiger partial charge in [0, 0.05) is 0 Å². The fraction of sp³-hybridized carbons (Fsp3) is 0.167. The zero-order valence-electron chi connectivity index (χ0n) is 19.3. The van der Waals surface area contributed by atoms with Gasteiger partial charge in [-0.1, -0.05) is 91.0 Å². The van der Waals surface area contributed by atoms with E-state index in [1.807, 2.05) is 110 Å². The van der Waals surface area contributed by atoms with E-state index in [-0.39, 0.29) is 12.4 Å². The van der Waals surface area contributed by atoms with E-state index in [2.05, 4.69) is 17.6 Å². The summed E-state index contributed by atoms with van der Waals surface area (Å²) in [7, 11) is 0. The minimum absolute atomic E-state index is 0.262. The van der Waals surface area contributed by atoms with Crippen LogP contribution in [-0.4, -0.2) is 5.97 Å². The third-order valence-corrected chi connectivity index (χ3v) is 5.70. The van der Waals surface area contributed by atoms with Gasteiger partial charge < -0.3 is 9.57 Å². The van der Waals surface area contributed by atoms with Crippen molar-refractivity contribution in [1.29, 1.82) is 0 Å². The first-order chi connectivity index (χ1) is 16.6. The van der Waals surface area contributed by atoms with Gasteiger partial charge in [0.25, 0.3) is 0 Å². The largest absolute Gasteiger partial charge is 0.457 e. The molecule has 4 nitrogen and oxygen atoms in total. The molecule has 0 saturated heterocycles. The molecule has 0 saturated carbocycles. The molecule has 0 amide bonds. The number of aryl methyl sites for hydroxylation is 1. The van der Waals surface area contributed by atoms with Crippen LogP contribution in [0, 0.1) is 0 Å². The third-order valence-electron chi connectivity index (χ3n) is 5.70. The maximum atomic E-state index is 12.6. The van der Waals surface area contributed by atoms with E-state index < -0.39 is 5.54 Å². The normalized spacial score (nSPS) is 12.5. The number of para-hydroxylation sites is 1. The third kappa shape index (κ3) is 6.56. The molecule has 0 aromatic heterocycles. The van der Waals surface area contributed by atoms with Crippen LogP contribution < -0.4 is 10.2 Å². The summed E-state index contributed by atoms with van der Waals surface area (Å²) in [4.78, 5) is 18.2. The second-order valence-electron chi connectivity index (χ2n) is 8.50. The van der Waals surface area contributed by atoms with Gasteiger partial charge in [-0.3, -0.25) is 4.79 Å². The minimum atomic E-state index is -0.554. The molecule has 0 spiro atoms. The second-order valence-corrected chi connectivity index (χ2v) is 8.50. The number of carbonyl (C=O) groups excluding carboxylic acids is 1. The Labute approximate surface area is 201 Å². The zero-order chi connectivity index (χ0) is 23.6. The maximum Gasteiger partial charge on any atom is 0.325 e. The lowest BCUT2D eigenvalue weighted by molar-refractivity contribution is -0.156. The minimum Gasteiger partial charge on any atom is -0.457 e. The lowest BCUT2D eigenvalue weighted by atomic mass is 9.86. The predicted molar refractivity (Wildman–Crippen MR) is 134 cm³/mol. The van der Waals surface area contributed by atoms with E-state index in [0.29, 0.717) is 12.8 Å². The molecule has 4 heteroatoms. The fourth-order valence-electron chi connectivity index (χ4n) is 3.86. The molecule has 4 rings (SSSR count). The molecule has 0 aliphatic rings. The summed E-state index contributed by atoms with van der Waals surface area (Å²) in [5.74, 6) is 1.22. The van der Waals surface area contributed by atoms with Crippen molar-refractivity contribution in [2.75, 3.05) is 0 Å².